The van der Waals surface area contributed by atoms with E-state index in [1.54, 1.807) is 7.05 Å². The van der Waals surface area contributed by atoms with Gasteiger partial charge in [0.1, 0.15) is 5.69 Å². The average molecular weight is 253 g/mol. The van der Waals surface area contributed by atoms with Crippen molar-refractivity contribution in [3.8, 4) is 0 Å². The predicted octanol–water partition coefficient (Wildman–Crippen LogP) is 1.18. The Morgan fingerprint density at radius 2 is 2.28 bits per heavy atom. The summed E-state index contributed by atoms with van der Waals surface area (Å²) in [5.74, 6) is 0.452. The van der Waals surface area contributed by atoms with Gasteiger partial charge in [-0.15, -0.1) is 0 Å². The highest BCUT2D eigenvalue weighted by atomic mass is 16.6. The molecule has 0 saturated heterocycles. The molecule has 0 aliphatic heterocycles. The Labute approximate surface area is 105 Å². The van der Waals surface area contributed by atoms with Gasteiger partial charge in [0.25, 0.3) is 0 Å². The molecule has 18 heavy (non-hydrogen) atoms. The Balaban J connectivity index is 2.20. The minimum Gasteiger partial charge on any atom is -0.363 e. The maximum atomic E-state index is 11.1. The SMILES string of the molecule is CCc1nn(C)c(NCC2(N)CCC2)c1[N+](=O)[O-]. The van der Waals surface area contributed by atoms with E-state index in [0.717, 1.165) is 19.3 Å². The zero-order valence-electron chi connectivity index (χ0n) is 10.8. The number of nitrogens with one attached hydrogen (secondary N) is 1. The van der Waals surface area contributed by atoms with Crippen LogP contribution in [0.4, 0.5) is 11.5 Å². The molecule has 0 atom stereocenters. The highest BCUT2D eigenvalue weighted by molar-refractivity contribution is 5.60. The zero-order chi connectivity index (χ0) is 13.3. The van der Waals surface area contributed by atoms with Gasteiger partial charge in [-0.3, -0.25) is 10.1 Å². The maximum absolute atomic E-state index is 11.1. The van der Waals surface area contributed by atoms with Crippen LogP contribution in [0.1, 0.15) is 31.9 Å². The zero-order valence-corrected chi connectivity index (χ0v) is 10.8. The van der Waals surface area contributed by atoms with Crippen LogP contribution < -0.4 is 11.1 Å². The van der Waals surface area contributed by atoms with E-state index >= 15 is 0 Å². The standard InChI is InChI=1S/C11H19N5O2/c1-3-8-9(16(17)18)10(15(2)14-8)13-7-11(12)5-4-6-11/h13H,3-7,12H2,1-2H3. The number of aryl methyl sites for hydroxylation is 2. The minimum absolute atomic E-state index is 0.0722. The summed E-state index contributed by atoms with van der Waals surface area (Å²) in [4.78, 5) is 10.7. The van der Waals surface area contributed by atoms with E-state index in [-0.39, 0.29) is 16.1 Å². The number of nitrogens with zero attached hydrogens (tertiary/aromatic N) is 3. The Bertz CT molecular complexity index is 464. The first-order chi connectivity index (χ1) is 8.47. The Morgan fingerprint density at radius 3 is 2.72 bits per heavy atom. The summed E-state index contributed by atoms with van der Waals surface area (Å²) in [7, 11) is 1.71. The Morgan fingerprint density at radius 1 is 1.61 bits per heavy atom. The van der Waals surface area contributed by atoms with Crippen molar-refractivity contribution in [1.29, 1.82) is 0 Å². The number of anilines is 1. The molecule has 0 radical (unpaired) electrons. The first-order valence-corrected chi connectivity index (χ1v) is 6.20. The fraction of sp³-hybridized carbons (Fsp3) is 0.727. The Hall–Kier alpha value is -1.63. The lowest BCUT2D eigenvalue weighted by Gasteiger charge is -2.38. The maximum Gasteiger partial charge on any atom is 0.333 e. The fourth-order valence-corrected chi connectivity index (χ4v) is 2.26. The molecule has 3 N–H and O–H groups in total. The number of nitrogens with two attached hydrogens (primary N) is 1. The normalized spacial score (nSPS) is 17.3. The van der Waals surface area contributed by atoms with E-state index in [2.05, 4.69) is 10.4 Å². The second-order valence-electron chi connectivity index (χ2n) is 4.95. The van der Waals surface area contributed by atoms with Gasteiger partial charge in [-0.1, -0.05) is 6.92 Å². The van der Waals surface area contributed by atoms with Crippen LogP contribution in [0.3, 0.4) is 0 Å². The summed E-state index contributed by atoms with van der Waals surface area (Å²) in [5.41, 5.74) is 6.46. The first kappa shape index (κ1) is 12.8. The van der Waals surface area contributed by atoms with Gasteiger partial charge in [0.15, 0.2) is 0 Å². The summed E-state index contributed by atoms with van der Waals surface area (Å²) in [6.07, 6.45) is 3.60. The van der Waals surface area contributed by atoms with Gasteiger partial charge in [0.05, 0.1) is 4.92 Å². The highest BCUT2D eigenvalue weighted by Crippen LogP contribution is 2.32. The van der Waals surface area contributed by atoms with Crippen molar-refractivity contribution >= 4 is 11.5 Å². The topological polar surface area (TPSA) is 99.0 Å². The van der Waals surface area contributed by atoms with E-state index in [4.69, 9.17) is 5.73 Å². The molecular weight excluding hydrogens is 234 g/mol. The quantitative estimate of drug-likeness (QED) is 0.606. The molecule has 0 spiro atoms. The van der Waals surface area contributed by atoms with Crippen molar-refractivity contribution in [1.82, 2.24) is 9.78 Å². The molecule has 7 nitrogen and oxygen atoms in total. The second-order valence-corrected chi connectivity index (χ2v) is 4.95. The van der Waals surface area contributed by atoms with Crippen LogP contribution >= 0.6 is 0 Å². The van der Waals surface area contributed by atoms with Crippen LogP contribution in [0, 0.1) is 10.1 Å². The third kappa shape index (κ3) is 2.17. The molecule has 1 aliphatic carbocycles. The van der Waals surface area contributed by atoms with Crippen LogP contribution in [-0.4, -0.2) is 26.8 Å². The summed E-state index contributed by atoms with van der Waals surface area (Å²) in [5, 5.41) is 18.4. The van der Waals surface area contributed by atoms with Gasteiger partial charge in [-0.05, 0) is 25.7 Å². The third-order valence-electron chi connectivity index (χ3n) is 3.57. The van der Waals surface area contributed by atoms with Crippen molar-refractivity contribution in [3.05, 3.63) is 15.8 Å². The molecule has 0 bridgehead atoms. The molecule has 1 aromatic rings. The predicted molar refractivity (Wildman–Crippen MR) is 68.5 cm³/mol. The monoisotopic (exact) mass is 253 g/mol. The number of rotatable bonds is 5. The molecule has 0 unspecified atom stereocenters. The van der Waals surface area contributed by atoms with E-state index in [9.17, 15) is 10.1 Å². The smallest absolute Gasteiger partial charge is 0.333 e. The van der Waals surface area contributed by atoms with Gasteiger partial charge in [0.2, 0.25) is 5.82 Å². The van der Waals surface area contributed by atoms with E-state index in [0.29, 0.717) is 24.5 Å². The summed E-state index contributed by atoms with van der Waals surface area (Å²) in [6.45, 7) is 2.41. The van der Waals surface area contributed by atoms with Gasteiger partial charge in [0, 0.05) is 19.1 Å². The second kappa shape index (κ2) is 4.56. The van der Waals surface area contributed by atoms with Crippen molar-refractivity contribution in [3.63, 3.8) is 0 Å². The van der Waals surface area contributed by atoms with Crippen LogP contribution in [0.5, 0.6) is 0 Å². The van der Waals surface area contributed by atoms with Crippen LogP contribution in [0.2, 0.25) is 0 Å². The fourth-order valence-electron chi connectivity index (χ4n) is 2.26. The Kier molecular flexibility index (Phi) is 3.25. The molecule has 2 rings (SSSR count). The molecular formula is C11H19N5O2. The van der Waals surface area contributed by atoms with E-state index < -0.39 is 0 Å². The van der Waals surface area contributed by atoms with Crippen molar-refractivity contribution in [2.45, 2.75) is 38.1 Å². The molecule has 7 heteroatoms. The molecule has 0 aromatic carbocycles. The van der Waals surface area contributed by atoms with Crippen molar-refractivity contribution in [2.24, 2.45) is 12.8 Å². The molecule has 0 amide bonds. The van der Waals surface area contributed by atoms with Crippen LogP contribution in [0.15, 0.2) is 0 Å². The van der Waals surface area contributed by atoms with Crippen molar-refractivity contribution < 1.29 is 4.92 Å². The summed E-state index contributed by atoms with van der Waals surface area (Å²) < 4.78 is 1.53. The molecule has 1 aromatic heterocycles. The number of hydrogen-bond acceptors (Lipinski definition) is 5. The average Bonchev–Trinajstić information content (AvgIpc) is 2.60. The minimum atomic E-state index is -0.377. The third-order valence-corrected chi connectivity index (χ3v) is 3.57. The van der Waals surface area contributed by atoms with Gasteiger partial charge in [-0.2, -0.15) is 5.10 Å². The lowest BCUT2D eigenvalue weighted by atomic mass is 9.78. The molecule has 1 fully saturated rings. The number of nitro groups is 1. The molecule has 100 valence electrons. The number of hydrogen-bond donors (Lipinski definition) is 2. The largest absolute Gasteiger partial charge is 0.363 e. The van der Waals surface area contributed by atoms with Crippen LogP contribution in [-0.2, 0) is 13.5 Å². The lowest BCUT2D eigenvalue weighted by molar-refractivity contribution is -0.384. The van der Waals surface area contributed by atoms with E-state index in [1.807, 2.05) is 6.92 Å². The summed E-state index contributed by atoms with van der Waals surface area (Å²) in [6, 6.07) is 0. The highest BCUT2D eigenvalue weighted by Gasteiger charge is 2.34. The summed E-state index contributed by atoms with van der Waals surface area (Å²) >= 11 is 0. The molecule has 1 heterocycles. The lowest BCUT2D eigenvalue weighted by Crippen LogP contribution is -2.52. The van der Waals surface area contributed by atoms with Gasteiger partial charge >= 0.3 is 5.69 Å². The van der Waals surface area contributed by atoms with Crippen molar-refractivity contribution in [2.75, 3.05) is 11.9 Å². The van der Waals surface area contributed by atoms with Gasteiger partial charge in [-0.25, -0.2) is 4.68 Å². The molecule has 1 aliphatic rings. The van der Waals surface area contributed by atoms with Gasteiger partial charge < -0.3 is 11.1 Å². The van der Waals surface area contributed by atoms with Crippen LogP contribution in [0.25, 0.3) is 0 Å². The number of aromatic nitrogens is 2. The first-order valence-electron chi connectivity index (χ1n) is 6.20. The molecule has 1 saturated carbocycles. The van der Waals surface area contributed by atoms with E-state index in [1.165, 1.54) is 4.68 Å².